The van der Waals surface area contributed by atoms with E-state index in [2.05, 4.69) is 43.9 Å². The minimum atomic E-state index is -0.0785. The molecule has 0 amide bonds. The third kappa shape index (κ3) is 4.89. The molecule has 1 aliphatic heterocycles. The van der Waals surface area contributed by atoms with Crippen molar-refractivity contribution in [3.05, 3.63) is 65.8 Å². The van der Waals surface area contributed by atoms with Gasteiger partial charge in [-0.1, -0.05) is 24.2 Å². The molecule has 0 radical (unpaired) electrons. The summed E-state index contributed by atoms with van der Waals surface area (Å²) in [5.74, 6) is 0.499. The Kier molecular flexibility index (Phi) is 6.58. The molecule has 1 aliphatic rings. The lowest BCUT2D eigenvalue weighted by Gasteiger charge is -2.34. The topological polar surface area (TPSA) is 110 Å². The highest BCUT2D eigenvalue weighted by atomic mass is 35.5. The number of phenolic OH excluding ortho intramolecular Hbond substituents is 1. The summed E-state index contributed by atoms with van der Waals surface area (Å²) in [7, 11) is 2.09. The second-order valence-corrected chi connectivity index (χ2v) is 9.22. The molecule has 1 saturated heterocycles. The average Bonchev–Trinajstić information content (AvgIpc) is 3.35. The predicted molar refractivity (Wildman–Crippen MR) is 142 cm³/mol. The van der Waals surface area contributed by atoms with Gasteiger partial charge < -0.3 is 20.2 Å². The van der Waals surface area contributed by atoms with Gasteiger partial charge in [-0.05, 0) is 49.0 Å². The van der Waals surface area contributed by atoms with Gasteiger partial charge in [-0.2, -0.15) is 10.1 Å². The van der Waals surface area contributed by atoms with Gasteiger partial charge in [0, 0.05) is 43.9 Å². The molecule has 0 atom stereocenters. The van der Waals surface area contributed by atoms with E-state index in [0.717, 1.165) is 43.1 Å². The van der Waals surface area contributed by atoms with Crippen molar-refractivity contribution in [2.75, 3.05) is 43.4 Å². The maximum Gasteiger partial charge on any atom is 0.229 e. The van der Waals surface area contributed by atoms with Gasteiger partial charge in [-0.15, -0.1) is 0 Å². The number of hydrogen-bond donors (Lipinski definition) is 3. The van der Waals surface area contributed by atoms with E-state index in [1.165, 1.54) is 6.08 Å². The molecule has 10 heteroatoms. The van der Waals surface area contributed by atoms with Crippen LogP contribution in [0.4, 0.5) is 17.3 Å². The van der Waals surface area contributed by atoms with E-state index in [1.807, 2.05) is 18.2 Å². The van der Waals surface area contributed by atoms with Gasteiger partial charge in [0.2, 0.25) is 5.95 Å². The number of nitrogens with one attached hydrogen (secondary N) is 2. The van der Waals surface area contributed by atoms with Crippen molar-refractivity contribution >= 4 is 45.7 Å². The molecule has 0 aliphatic carbocycles. The highest BCUT2D eigenvalue weighted by molar-refractivity contribution is 6.33. The number of aromatic amines is 1. The number of H-pyrrole nitrogens is 1. The quantitative estimate of drug-likeness (QED) is 0.254. The SMILES string of the molecule is C=CC(=O)Cc1ccc(Cl)c(-c2nc(Nc3ccc(O)c(N4CCN(C)CC4)c3)nc3[nH]ncc23)c1. The number of allylic oxidation sites excluding steroid dienone is 1. The second-order valence-electron chi connectivity index (χ2n) is 8.81. The number of phenols is 1. The fourth-order valence-electron chi connectivity index (χ4n) is 4.26. The number of carbonyl (C=O) groups is 1. The standard InChI is InChI=1S/C26H26ClN7O2/c1-3-18(35)12-16-4-6-21(27)19(13-16)24-20-15-28-32-25(20)31-26(30-24)29-17-5-7-23(36)22(14-17)34-10-8-33(2)9-11-34/h3-7,13-15,36H,1,8-12H2,2H3,(H2,28,29,30,31,32). The van der Waals surface area contributed by atoms with Crippen molar-refractivity contribution in [3.8, 4) is 17.0 Å². The molecule has 2 aromatic heterocycles. The molecule has 0 bridgehead atoms. The van der Waals surface area contributed by atoms with Crippen LogP contribution in [0.15, 0.2) is 55.3 Å². The van der Waals surface area contributed by atoms with E-state index in [1.54, 1.807) is 24.4 Å². The maximum absolute atomic E-state index is 11.9. The maximum atomic E-state index is 11.9. The molecule has 2 aromatic carbocycles. The number of likely N-dealkylation sites (N-methyl/N-ethyl adjacent to an activating group) is 1. The van der Waals surface area contributed by atoms with Crippen LogP contribution in [-0.4, -0.2) is 69.2 Å². The van der Waals surface area contributed by atoms with Crippen LogP contribution in [-0.2, 0) is 11.2 Å². The van der Waals surface area contributed by atoms with Crippen LogP contribution < -0.4 is 10.2 Å². The van der Waals surface area contributed by atoms with E-state index in [-0.39, 0.29) is 18.0 Å². The summed E-state index contributed by atoms with van der Waals surface area (Å²) in [6.07, 6.45) is 3.18. The Morgan fingerprint density at radius 2 is 2.00 bits per heavy atom. The van der Waals surface area contributed by atoms with Crippen molar-refractivity contribution < 1.29 is 9.90 Å². The summed E-state index contributed by atoms with van der Waals surface area (Å²) in [5.41, 5.74) is 4.11. The average molecular weight is 504 g/mol. The van der Waals surface area contributed by atoms with Crippen LogP contribution in [0.3, 0.4) is 0 Å². The first-order chi connectivity index (χ1) is 17.4. The first kappa shape index (κ1) is 23.8. The van der Waals surface area contributed by atoms with Gasteiger partial charge in [0.05, 0.1) is 28.0 Å². The van der Waals surface area contributed by atoms with Crippen LogP contribution in [0.25, 0.3) is 22.3 Å². The van der Waals surface area contributed by atoms with Crippen molar-refractivity contribution in [1.29, 1.82) is 0 Å². The fraction of sp³-hybridized carbons (Fsp3) is 0.231. The van der Waals surface area contributed by atoms with Gasteiger partial charge in [-0.3, -0.25) is 9.89 Å². The number of hydrogen-bond acceptors (Lipinski definition) is 8. The Balaban J connectivity index is 1.50. The van der Waals surface area contributed by atoms with Crippen LogP contribution in [0.1, 0.15) is 5.56 Å². The number of nitrogens with zero attached hydrogens (tertiary/aromatic N) is 5. The summed E-state index contributed by atoms with van der Waals surface area (Å²) in [4.78, 5) is 25.7. The second kappa shape index (κ2) is 9.96. The molecular formula is C26H26ClN7O2. The van der Waals surface area contributed by atoms with Crippen LogP contribution >= 0.6 is 11.6 Å². The zero-order valence-corrected chi connectivity index (χ0v) is 20.6. The minimum Gasteiger partial charge on any atom is -0.506 e. The number of ketones is 1. The Morgan fingerprint density at radius 3 is 2.78 bits per heavy atom. The Labute approximate surface area is 213 Å². The lowest BCUT2D eigenvalue weighted by atomic mass is 10.0. The van der Waals surface area contributed by atoms with Crippen LogP contribution in [0, 0.1) is 0 Å². The molecule has 4 aromatic rings. The number of carbonyl (C=O) groups excluding carboxylic acids is 1. The number of fused-ring (bicyclic) bond motifs is 1. The molecule has 184 valence electrons. The molecule has 9 nitrogen and oxygen atoms in total. The van der Waals surface area contributed by atoms with Crippen molar-refractivity contribution in [1.82, 2.24) is 25.1 Å². The Morgan fingerprint density at radius 1 is 1.19 bits per heavy atom. The van der Waals surface area contributed by atoms with E-state index in [9.17, 15) is 9.90 Å². The number of aromatic nitrogens is 4. The molecule has 0 saturated carbocycles. The molecule has 0 unspecified atom stereocenters. The molecule has 3 N–H and O–H groups in total. The van der Waals surface area contributed by atoms with E-state index < -0.39 is 0 Å². The minimum absolute atomic E-state index is 0.0785. The van der Waals surface area contributed by atoms with Gasteiger partial charge >= 0.3 is 0 Å². The summed E-state index contributed by atoms with van der Waals surface area (Å²) < 4.78 is 0. The normalized spacial score (nSPS) is 14.2. The van der Waals surface area contributed by atoms with E-state index >= 15 is 0 Å². The lowest BCUT2D eigenvalue weighted by Crippen LogP contribution is -2.44. The summed E-state index contributed by atoms with van der Waals surface area (Å²) in [6, 6.07) is 10.8. The van der Waals surface area contributed by atoms with Gasteiger partial charge in [0.15, 0.2) is 11.4 Å². The number of piperazine rings is 1. The smallest absolute Gasteiger partial charge is 0.229 e. The van der Waals surface area contributed by atoms with E-state index in [4.69, 9.17) is 16.6 Å². The molecular weight excluding hydrogens is 478 g/mol. The number of anilines is 3. The molecule has 36 heavy (non-hydrogen) atoms. The highest BCUT2D eigenvalue weighted by Gasteiger charge is 2.19. The van der Waals surface area contributed by atoms with Gasteiger partial charge in [0.1, 0.15) is 5.75 Å². The van der Waals surface area contributed by atoms with Crippen molar-refractivity contribution in [2.24, 2.45) is 0 Å². The highest BCUT2D eigenvalue weighted by Crippen LogP contribution is 2.35. The molecule has 5 rings (SSSR count). The summed E-state index contributed by atoms with van der Waals surface area (Å²) in [5, 5.41) is 22.0. The zero-order valence-electron chi connectivity index (χ0n) is 19.8. The largest absolute Gasteiger partial charge is 0.506 e. The third-order valence-electron chi connectivity index (χ3n) is 6.28. The number of rotatable bonds is 7. The molecule has 1 fully saturated rings. The van der Waals surface area contributed by atoms with E-state index in [0.29, 0.717) is 33.3 Å². The van der Waals surface area contributed by atoms with Crippen molar-refractivity contribution in [2.45, 2.75) is 6.42 Å². The number of aromatic hydroxyl groups is 1. The number of halogens is 1. The predicted octanol–water partition coefficient (Wildman–Crippen LogP) is 4.17. The van der Waals surface area contributed by atoms with Crippen LogP contribution in [0.5, 0.6) is 5.75 Å². The zero-order chi connectivity index (χ0) is 25.2. The van der Waals surface area contributed by atoms with Gasteiger partial charge in [-0.25, -0.2) is 4.98 Å². The fourth-order valence-corrected chi connectivity index (χ4v) is 4.47. The number of benzene rings is 2. The molecule has 0 spiro atoms. The monoisotopic (exact) mass is 503 g/mol. The molecule has 3 heterocycles. The first-order valence-electron chi connectivity index (χ1n) is 11.6. The van der Waals surface area contributed by atoms with Crippen LogP contribution in [0.2, 0.25) is 5.02 Å². The summed E-state index contributed by atoms with van der Waals surface area (Å²) in [6.45, 7) is 7.07. The van der Waals surface area contributed by atoms with Gasteiger partial charge in [0.25, 0.3) is 0 Å². The lowest BCUT2D eigenvalue weighted by molar-refractivity contribution is -0.114. The Bertz CT molecular complexity index is 1440. The first-order valence-corrected chi connectivity index (χ1v) is 12.0. The Hall–Kier alpha value is -3.95. The van der Waals surface area contributed by atoms with Crippen molar-refractivity contribution in [3.63, 3.8) is 0 Å². The summed E-state index contributed by atoms with van der Waals surface area (Å²) >= 11 is 6.56. The third-order valence-corrected chi connectivity index (χ3v) is 6.61.